The molecule has 0 bridgehead atoms. The fourth-order valence-electron chi connectivity index (χ4n) is 10.3. The van der Waals surface area contributed by atoms with Crippen LogP contribution in [0.1, 0.15) is 110 Å². The van der Waals surface area contributed by atoms with Gasteiger partial charge in [-0.3, -0.25) is 39.0 Å². The predicted octanol–water partition coefficient (Wildman–Crippen LogP) is 5.08. The van der Waals surface area contributed by atoms with Gasteiger partial charge in [-0.05, 0) is 120 Å². The molecule has 0 spiro atoms. The van der Waals surface area contributed by atoms with Crippen molar-refractivity contribution in [1.82, 2.24) is 35.0 Å². The lowest BCUT2D eigenvalue weighted by Crippen LogP contribution is -2.54. The smallest absolute Gasteiger partial charge is 0.293 e. The highest BCUT2D eigenvalue weighted by Gasteiger charge is 2.46. The summed E-state index contributed by atoms with van der Waals surface area (Å²) in [5, 5.41) is 9.22. The number of imide groups is 2. The van der Waals surface area contributed by atoms with Crippen molar-refractivity contribution in [2.24, 2.45) is 0 Å². The molecule has 3 atom stereocenters. The number of nitrogens with zero attached hydrogens (tertiary/aromatic N) is 6. The number of anilines is 3. The van der Waals surface area contributed by atoms with Crippen molar-refractivity contribution in [3.63, 3.8) is 0 Å². The van der Waals surface area contributed by atoms with Gasteiger partial charge in [0.1, 0.15) is 11.1 Å². The minimum Gasteiger partial charge on any atom is -0.478 e. The van der Waals surface area contributed by atoms with Crippen LogP contribution >= 0.6 is 11.6 Å². The minimum absolute atomic E-state index is 0.0859. The molecule has 3 N–H and O–H groups in total. The van der Waals surface area contributed by atoms with Gasteiger partial charge in [-0.15, -0.1) is 0 Å². The van der Waals surface area contributed by atoms with Gasteiger partial charge in [-0.2, -0.15) is 4.98 Å². The maximum atomic E-state index is 13.7. The lowest BCUT2D eigenvalue weighted by Gasteiger charge is -2.37. The van der Waals surface area contributed by atoms with Crippen LogP contribution in [0, 0.1) is 0 Å². The molecule has 4 fully saturated rings. The van der Waals surface area contributed by atoms with Crippen LogP contribution in [0.25, 0.3) is 10.9 Å². The quantitative estimate of drug-likeness (QED) is 0.159. The summed E-state index contributed by atoms with van der Waals surface area (Å²) < 4.78 is 14.0. The molecule has 3 unspecified atom stereocenters. The molecule has 65 heavy (non-hydrogen) atoms. The number of carbonyl (C=O) groups is 5. The molecule has 0 radical (unpaired) electrons. The van der Waals surface area contributed by atoms with Crippen molar-refractivity contribution in [2.75, 3.05) is 50.1 Å². The second kappa shape index (κ2) is 18.5. The Bertz CT molecular complexity index is 2600. The highest BCUT2D eigenvalue weighted by molar-refractivity contribution is 6.33. The SMILES string of the molecule is CNC(=O)COc1cc2cc(Nc3nc(N4CCC(OC5CCC(N6CCC(c7cccc8c7C(=O)N(C7CCC(=O)NC7=O)C8=O)CC6)C5)CC4)ncc3Cl)ccc2n(C(C)C)c1=O. The van der Waals surface area contributed by atoms with Crippen molar-refractivity contribution >= 4 is 69.5 Å². The minimum atomic E-state index is -0.978. The Hall–Kier alpha value is -5.91. The van der Waals surface area contributed by atoms with Crippen molar-refractivity contribution in [3.8, 4) is 5.75 Å². The Labute approximate surface area is 381 Å². The molecule has 4 aliphatic heterocycles. The normalized spacial score (nSPS) is 22.2. The molecule has 9 rings (SSSR count). The van der Waals surface area contributed by atoms with E-state index in [1.807, 2.05) is 44.2 Å². The number of carbonyl (C=O) groups excluding carboxylic acids is 5. The van der Waals surface area contributed by atoms with Gasteiger partial charge in [0.2, 0.25) is 17.8 Å². The number of piperidine rings is 3. The Morgan fingerprint density at radius 1 is 0.923 bits per heavy atom. The van der Waals surface area contributed by atoms with Crippen LogP contribution in [-0.4, -0.2) is 118 Å². The number of nitrogens with one attached hydrogen (secondary N) is 3. The zero-order valence-corrected chi connectivity index (χ0v) is 37.6. The topological polar surface area (TPSA) is 197 Å². The van der Waals surface area contributed by atoms with E-state index in [9.17, 15) is 28.8 Å². The third kappa shape index (κ3) is 8.93. The third-order valence-corrected chi connectivity index (χ3v) is 13.9. The molecule has 4 aromatic rings. The summed E-state index contributed by atoms with van der Waals surface area (Å²) in [4.78, 5) is 91.8. The first-order chi connectivity index (χ1) is 31.4. The van der Waals surface area contributed by atoms with Crippen LogP contribution in [-0.2, 0) is 19.1 Å². The van der Waals surface area contributed by atoms with E-state index in [0.717, 1.165) is 92.5 Å². The maximum Gasteiger partial charge on any atom is 0.293 e. The molecular weight excluding hydrogens is 854 g/mol. The van der Waals surface area contributed by atoms with Gasteiger partial charge < -0.3 is 34.5 Å². The first-order valence-electron chi connectivity index (χ1n) is 22.7. The molecule has 6 heterocycles. The van der Waals surface area contributed by atoms with E-state index < -0.39 is 29.7 Å². The van der Waals surface area contributed by atoms with Crippen molar-refractivity contribution in [2.45, 2.75) is 108 Å². The summed E-state index contributed by atoms with van der Waals surface area (Å²) in [7, 11) is 1.51. The molecule has 2 aromatic heterocycles. The van der Waals surface area contributed by atoms with Crippen molar-refractivity contribution in [1.29, 1.82) is 0 Å². The average Bonchev–Trinajstić information content (AvgIpc) is 3.87. The molecule has 18 heteroatoms. The van der Waals surface area contributed by atoms with Gasteiger partial charge in [0.05, 0.1) is 35.0 Å². The van der Waals surface area contributed by atoms with Gasteiger partial charge in [0.25, 0.3) is 23.3 Å². The largest absolute Gasteiger partial charge is 0.478 e. The number of fused-ring (bicyclic) bond motifs is 2. The fraction of sp³-hybridized carbons (Fsp3) is 0.489. The Kier molecular flexibility index (Phi) is 12.6. The number of ether oxygens (including phenoxy) is 2. The molecule has 3 saturated heterocycles. The van der Waals surface area contributed by atoms with E-state index in [1.54, 1.807) is 22.9 Å². The van der Waals surface area contributed by atoms with Crippen LogP contribution in [0.4, 0.5) is 17.5 Å². The second-order valence-electron chi connectivity index (χ2n) is 17.9. The van der Waals surface area contributed by atoms with E-state index in [1.165, 1.54) is 7.05 Å². The van der Waals surface area contributed by atoms with Crippen LogP contribution < -0.4 is 31.1 Å². The monoisotopic (exact) mass is 907 g/mol. The molecule has 2 aromatic carbocycles. The summed E-state index contributed by atoms with van der Waals surface area (Å²) in [6, 6.07) is 12.0. The molecule has 1 saturated carbocycles. The lowest BCUT2D eigenvalue weighted by atomic mass is 9.85. The third-order valence-electron chi connectivity index (χ3n) is 13.6. The standard InChI is InChI=1S/C47H54ClN9O8/c1-26(2)56-36-10-7-29(21-28(36)22-38(45(56)62)64-25-40(59)49-3)51-42-35(48)24-50-47(53-42)55-19-15-31(16-20-55)65-32-9-8-30(23-32)54-17-13-27(14-18-54)33-5-4-6-34-41(33)46(63)57(44(34)61)37-11-12-39(58)52-43(37)60/h4-7,10,21-22,24,26-27,30-32,37H,8-9,11-20,23,25H2,1-3H3,(H,49,59)(H,50,51,53)(H,52,58,60). The average molecular weight is 908 g/mol. The summed E-state index contributed by atoms with van der Waals surface area (Å²) in [5.74, 6) is -1.00. The number of rotatable bonds is 12. The molecule has 5 aliphatic rings. The summed E-state index contributed by atoms with van der Waals surface area (Å²) in [6.45, 7) is 6.81. The van der Waals surface area contributed by atoms with E-state index in [-0.39, 0.29) is 60.8 Å². The fourth-order valence-corrected chi connectivity index (χ4v) is 10.4. The number of pyridine rings is 1. The molecule has 1 aliphatic carbocycles. The Balaban J connectivity index is 0.769. The van der Waals surface area contributed by atoms with E-state index in [2.05, 4.69) is 30.7 Å². The van der Waals surface area contributed by atoms with Crippen LogP contribution in [0.15, 0.2) is 53.5 Å². The van der Waals surface area contributed by atoms with Gasteiger partial charge in [0.15, 0.2) is 18.2 Å². The van der Waals surface area contributed by atoms with Crippen molar-refractivity contribution in [3.05, 3.63) is 80.7 Å². The number of likely N-dealkylation sites (tertiary alicyclic amines) is 1. The van der Waals surface area contributed by atoms with E-state index in [0.29, 0.717) is 39.6 Å². The number of hydrogen-bond acceptors (Lipinski definition) is 13. The van der Waals surface area contributed by atoms with E-state index in [4.69, 9.17) is 26.1 Å². The Morgan fingerprint density at radius 2 is 1.71 bits per heavy atom. The number of likely N-dealkylation sites (N-methyl/N-ethyl adjacent to an activating group) is 1. The lowest BCUT2D eigenvalue weighted by molar-refractivity contribution is -0.136. The van der Waals surface area contributed by atoms with Gasteiger partial charge in [-0.25, -0.2) is 4.98 Å². The Morgan fingerprint density at radius 3 is 2.45 bits per heavy atom. The highest BCUT2D eigenvalue weighted by atomic mass is 35.5. The van der Waals surface area contributed by atoms with Crippen molar-refractivity contribution < 1.29 is 33.4 Å². The zero-order chi connectivity index (χ0) is 45.5. The second-order valence-corrected chi connectivity index (χ2v) is 18.4. The molecular formula is C47H54ClN9O8. The van der Waals surface area contributed by atoms with Crippen LogP contribution in [0.5, 0.6) is 5.75 Å². The molecule has 17 nitrogen and oxygen atoms in total. The maximum absolute atomic E-state index is 13.7. The van der Waals surface area contributed by atoms with Crippen LogP contribution in [0.3, 0.4) is 0 Å². The summed E-state index contributed by atoms with van der Waals surface area (Å²) in [6.07, 6.45) is 8.62. The summed E-state index contributed by atoms with van der Waals surface area (Å²) >= 11 is 6.61. The van der Waals surface area contributed by atoms with Gasteiger partial charge in [0, 0.05) is 49.7 Å². The number of benzene rings is 2. The number of amides is 5. The van der Waals surface area contributed by atoms with Crippen LogP contribution in [0.2, 0.25) is 5.02 Å². The first-order valence-corrected chi connectivity index (χ1v) is 23.1. The zero-order valence-electron chi connectivity index (χ0n) is 36.8. The summed E-state index contributed by atoms with van der Waals surface area (Å²) in [5.41, 5.74) is 2.74. The van der Waals surface area contributed by atoms with Gasteiger partial charge >= 0.3 is 0 Å². The highest BCUT2D eigenvalue weighted by Crippen LogP contribution is 2.39. The molecule has 5 amide bonds. The van der Waals surface area contributed by atoms with E-state index >= 15 is 0 Å². The molecule has 342 valence electrons. The van der Waals surface area contributed by atoms with Gasteiger partial charge in [-0.1, -0.05) is 23.7 Å². The number of aromatic nitrogens is 3. The number of hydrogen-bond donors (Lipinski definition) is 3. The predicted molar refractivity (Wildman–Crippen MR) is 243 cm³/mol. The number of halogens is 1. The first kappa shape index (κ1) is 44.3.